The van der Waals surface area contributed by atoms with Crippen LogP contribution in [0.15, 0.2) is 53.4 Å². The van der Waals surface area contributed by atoms with E-state index < -0.39 is 11.8 Å². The number of pyridine rings is 1. The predicted molar refractivity (Wildman–Crippen MR) is 123 cm³/mol. The summed E-state index contributed by atoms with van der Waals surface area (Å²) in [5.41, 5.74) is 1.12. The van der Waals surface area contributed by atoms with Crippen molar-refractivity contribution in [2.45, 2.75) is 19.8 Å². The lowest BCUT2D eigenvalue weighted by Gasteiger charge is -2.14. The minimum absolute atomic E-state index is 0.107. The number of hydrogen-bond donors (Lipinski definition) is 3. The molecular formula is C22H27N7O3. The molecule has 10 nitrogen and oxygen atoms in total. The summed E-state index contributed by atoms with van der Waals surface area (Å²) in [6.45, 7) is 8.82. The highest BCUT2D eigenvalue weighted by Gasteiger charge is 2.17. The quantitative estimate of drug-likeness (QED) is 0.298. The van der Waals surface area contributed by atoms with Gasteiger partial charge in [-0.25, -0.2) is 4.98 Å². The molecule has 0 saturated carbocycles. The lowest BCUT2D eigenvalue weighted by Crippen LogP contribution is -2.25. The predicted octanol–water partition coefficient (Wildman–Crippen LogP) is 2.63. The maximum Gasteiger partial charge on any atom is 0.275 e. The van der Waals surface area contributed by atoms with E-state index in [0.717, 1.165) is 19.6 Å². The van der Waals surface area contributed by atoms with Gasteiger partial charge in [-0.2, -0.15) is 5.10 Å². The standard InChI is InChI=1S/C22H27N7O3/c1-3-6-16(13-23-2)21(30)27-18-15-25-28-20(18)22(31)26-17-7-8-19(24-14-17)32-12-11-29-9-4-5-10-29/h3,6-8,13-15H,2,4-5,9-12H2,1H3,(H,25,28)(H,26,31)(H,27,30)/b6-3-,16-13+. The van der Waals surface area contributed by atoms with E-state index in [1.165, 1.54) is 31.4 Å². The van der Waals surface area contributed by atoms with Gasteiger partial charge < -0.3 is 15.4 Å². The summed E-state index contributed by atoms with van der Waals surface area (Å²) in [5, 5.41) is 11.8. The van der Waals surface area contributed by atoms with Crippen molar-refractivity contribution in [3.8, 4) is 5.88 Å². The Bertz CT molecular complexity index is 989. The van der Waals surface area contributed by atoms with Gasteiger partial charge in [0, 0.05) is 18.8 Å². The van der Waals surface area contributed by atoms with Gasteiger partial charge in [-0.1, -0.05) is 12.2 Å². The number of carbonyl (C=O) groups is 2. The SMILES string of the molecule is C=N/C=C(\C=C/C)C(=O)Nc1cn[nH]c1C(=O)Nc1ccc(OCCN2CCCC2)nc1. The Kier molecular flexibility index (Phi) is 8.27. The highest BCUT2D eigenvalue weighted by atomic mass is 16.5. The number of hydrogen-bond acceptors (Lipinski definition) is 7. The largest absolute Gasteiger partial charge is 0.476 e. The lowest BCUT2D eigenvalue weighted by molar-refractivity contribution is -0.112. The summed E-state index contributed by atoms with van der Waals surface area (Å²) in [7, 11) is 0. The van der Waals surface area contributed by atoms with Gasteiger partial charge in [-0.3, -0.25) is 24.6 Å². The molecule has 2 aromatic rings. The molecule has 0 aliphatic carbocycles. The van der Waals surface area contributed by atoms with Crippen molar-refractivity contribution in [3.05, 3.63) is 54.1 Å². The fourth-order valence-corrected chi connectivity index (χ4v) is 3.22. The topological polar surface area (TPSA) is 125 Å². The zero-order valence-corrected chi connectivity index (χ0v) is 18.0. The van der Waals surface area contributed by atoms with Crippen LogP contribution in [0.25, 0.3) is 0 Å². The van der Waals surface area contributed by atoms with E-state index >= 15 is 0 Å². The van der Waals surface area contributed by atoms with E-state index in [2.05, 4.69) is 42.4 Å². The van der Waals surface area contributed by atoms with E-state index in [9.17, 15) is 9.59 Å². The fraction of sp³-hybridized carbons (Fsp3) is 0.318. The van der Waals surface area contributed by atoms with E-state index in [-0.39, 0.29) is 11.4 Å². The van der Waals surface area contributed by atoms with Crippen LogP contribution in [0.1, 0.15) is 30.3 Å². The number of likely N-dealkylation sites (tertiary alicyclic amines) is 1. The number of ether oxygens (including phenoxy) is 1. The van der Waals surface area contributed by atoms with Gasteiger partial charge in [-0.15, -0.1) is 0 Å². The molecular weight excluding hydrogens is 410 g/mol. The van der Waals surface area contributed by atoms with Crippen molar-refractivity contribution < 1.29 is 14.3 Å². The zero-order chi connectivity index (χ0) is 22.8. The fourth-order valence-electron chi connectivity index (χ4n) is 3.22. The van der Waals surface area contributed by atoms with E-state index in [0.29, 0.717) is 23.7 Å². The van der Waals surface area contributed by atoms with Crippen LogP contribution in [-0.2, 0) is 4.79 Å². The summed E-state index contributed by atoms with van der Waals surface area (Å²) < 4.78 is 5.67. The number of rotatable bonds is 10. The van der Waals surface area contributed by atoms with Crippen molar-refractivity contribution in [3.63, 3.8) is 0 Å². The van der Waals surface area contributed by atoms with E-state index in [1.807, 2.05) is 0 Å². The van der Waals surface area contributed by atoms with Crippen molar-refractivity contribution in [1.82, 2.24) is 20.1 Å². The number of aromatic amines is 1. The van der Waals surface area contributed by atoms with Gasteiger partial charge in [0.05, 0.1) is 29.3 Å². The Morgan fingerprint density at radius 3 is 2.78 bits per heavy atom. The molecule has 0 aromatic carbocycles. The Balaban J connectivity index is 1.55. The Morgan fingerprint density at radius 2 is 2.09 bits per heavy atom. The second-order valence-corrected chi connectivity index (χ2v) is 7.12. The van der Waals surface area contributed by atoms with Gasteiger partial charge in [0.15, 0.2) is 0 Å². The summed E-state index contributed by atoms with van der Waals surface area (Å²) in [5.74, 6) is -0.417. The van der Waals surface area contributed by atoms with Crippen molar-refractivity contribution in [1.29, 1.82) is 0 Å². The minimum Gasteiger partial charge on any atom is -0.476 e. The minimum atomic E-state index is -0.472. The number of anilines is 2. The van der Waals surface area contributed by atoms with Crippen LogP contribution < -0.4 is 15.4 Å². The third-order valence-electron chi connectivity index (χ3n) is 4.80. The molecule has 2 amide bonds. The van der Waals surface area contributed by atoms with Crippen molar-refractivity contribution in [2.24, 2.45) is 4.99 Å². The van der Waals surface area contributed by atoms with Gasteiger partial charge in [0.25, 0.3) is 11.8 Å². The Hall–Kier alpha value is -3.79. The number of allylic oxidation sites excluding steroid dienone is 1. The first kappa shape index (κ1) is 22.9. The number of H-pyrrole nitrogens is 1. The second-order valence-electron chi connectivity index (χ2n) is 7.12. The average Bonchev–Trinajstić information content (AvgIpc) is 3.47. The van der Waals surface area contributed by atoms with Crippen LogP contribution in [0.4, 0.5) is 11.4 Å². The number of carbonyl (C=O) groups excluding carboxylic acids is 2. The Morgan fingerprint density at radius 1 is 1.28 bits per heavy atom. The average molecular weight is 438 g/mol. The molecule has 0 spiro atoms. The molecule has 0 unspecified atom stereocenters. The number of nitrogens with zero attached hydrogens (tertiary/aromatic N) is 4. The van der Waals surface area contributed by atoms with Gasteiger partial charge >= 0.3 is 0 Å². The molecule has 1 fully saturated rings. The molecule has 0 bridgehead atoms. The highest BCUT2D eigenvalue weighted by molar-refractivity contribution is 6.11. The molecule has 1 aliphatic rings. The summed E-state index contributed by atoms with van der Waals surface area (Å²) in [6.07, 6.45) is 9.98. The molecule has 10 heteroatoms. The molecule has 3 heterocycles. The number of amides is 2. The molecule has 3 N–H and O–H groups in total. The van der Waals surface area contributed by atoms with Crippen molar-refractivity contribution >= 4 is 29.9 Å². The summed E-state index contributed by atoms with van der Waals surface area (Å²) >= 11 is 0. The zero-order valence-electron chi connectivity index (χ0n) is 18.0. The maximum atomic E-state index is 12.6. The van der Waals surface area contributed by atoms with Gasteiger partial charge in [0.2, 0.25) is 5.88 Å². The van der Waals surface area contributed by atoms with Gasteiger partial charge in [0.1, 0.15) is 12.3 Å². The summed E-state index contributed by atoms with van der Waals surface area (Å²) in [4.78, 5) is 35.3. The first-order chi connectivity index (χ1) is 15.6. The molecule has 0 radical (unpaired) electrons. The van der Waals surface area contributed by atoms with Crippen molar-refractivity contribution in [2.75, 3.05) is 36.9 Å². The highest BCUT2D eigenvalue weighted by Crippen LogP contribution is 2.17. The number of aliphatic imine (C=N–C) groups is 1. The second kappa shape index (κ2) is 11.6. The third-order valence-corrected chi connectivity index (χ3v) is 4.80. The number of aromatic nitrogens is 3. The maximum absolute atomic E-state index is 12.6. The lowest BCUT2D eigenvalue weighted by atomic mass is 10.2. The van der Waals surface area contributed by atoms with Crippen LogP contribution in [0.2, 0.25) is 0 Å². The molecule has 1 aliphatic heterocycles. The molecule has 168 valence electrons. The van der Waals surface area contributed by atoms with E-state index in [1.54, 1.807) is 31.2 Å². The third kappa shape index (κ3) is 6.35. The molecule has 0 atom stereocenters. The Labute approximate surface area is 186 Å². The van der Waals surface area contributed by atoms with Crippen LogP contribution in [0.5, 0.6) is 5.88 Å². The normalized spacial score (nSPS) is 14.5. The molecule has 32 heavy (non-hydrogen) atoms. The van der Waals surface area contributed by atoms with Crippen LogP contribution in [0, 0.1) is 0 Å². The van der Waals surface area contributed by atoms with Gasteiger partial charge in [-0.05, 0) is 45.6 Å². The molecule has 2 aromatic heterocycles. The van der Waals surface area contributed by atoms with E-state index in [4.69, 9.17) is 4.74 Å². The van der Waals surface area contributed by atoms with Crippen LogP contribution in [-0.4, -0.2) is 64.9 Å². The monoisotopic (exact) mass is 437 g/mol. The smallest absolute Gasteiger partial charge is 0.275 e. The first-order valence-electron chi connectivity index (χ1n) is 10.4. The molecule has 1 saturated heterocycles. The first-order valence-corrected chi connectivity index (χ1v) is 10.4. The number of nitrogens with one attached hydrogen (secondary N) is 3. The molecule has 3 rings (SSSR count). The van der Waals surface area contributed by atoms with Crippen LogP contribution in [0.3, 0.4) is 0 Å². The van der Waals surface area contributed by atoms with Crippen LogP contribution >= 0.6 is 0 Å². The summed E-state index contributed by atoms with van der Waals surface area (Å²) in [6, 6.07) is 3.40.